The summed E-state index contributed by atoms with van der Waals surface area (Å²) < 4.78 is 39.8. The van der Waals surface area contributed by atoms with Gasteiger partial charge in [0.05, 0.1) is 10.9 Å². The highest BCUT2D eigenvalue weighted by Crippen LogP contribution is 2.30. The van der Waals surface area contributed by atoms with Gasteiger partial charge in [0.1, 0.15) is 10.7 Å². The van der Waals surface area contributed by atoms with Gasteiger partial charge in [0.25, 0.3) is 11.8 Å². The summed E-state index contributed by atoms with van der Waals surface area (Å²) in [6.45, 7) is 4.03. The minimum atomic E-state index is -4.60. The molecule has 0 spiro atoms. The van der Waals surface area contributed by atoms with Crippen LogP contribution in [0.25, 0.3) is 6.08 Å². The van der Waals surface area contributed by atoms with Crippen molar-refractivity contribution >= 4 is 35.2 Å². The summed E-state index contributed by atoms with van der Waals surface area (Å²) in [5, 5.41) is 11.8. The number of rotatable bonds is 5. The van der Waals surface area contributed by atoms with E-state index in [9.17, 15) is 28.0 Å². The predicted octanol–water partition coefficient (Wildman–Crippen LogP) is 5.67. The summed E-state index contributed by atoms with van der Waals surface area (Å²) in [4.78, 5) is 29.8. The molecule has 0 saturated heterocycles. The first kappa shape index (κ1) is 25.8. The Morgan fingerprint density at radius 2 is 1.77 bits per heavy atom. The fourth-order valence-corrected chi connectivity index (χ4v) is 3.21. The number of hydrogen-bond donors (Lipinski definition) is 2. The van der Waals surface area contributed by atoms with E-state index in [4.69, 9.17) is 11.6 Å². The number of pyridine rings is 1. The van der Waals surface area contributed by atoms with Crippen LogP contribution in [0.5, 0.6) is 0 Å². The zero-order chi connectivity index (χ0) is 25.8. The van der Waals surface area contributed by atoms with Crippen molar-refractivity contribution in [3.63, 3.8) is 0 Å². The molecule has 0 fully saturated rings. The third kappa shape index (κ3) is 6.83. The van der Waals surface area contributed by atoms with Crippen molar-refractivity contribution in [2.75, 3.05) is 5.32 Å². The maximum Gasteiger partial charge on any atom is 0.416 e. The number of hydrogen-bond acceptors (Lipinski definition) is 3. The van der Waals surface area contributed by atoms with E-state index in [1.807, 2.05) is 26.0 Å². The lowest BCUT2D eigenvalue weighted by Crippen LogP contribution is -2.21. The van der Waals surface area contributed by atoms with Crippen molar-refractivity contribution in [1.82, 2.24) is 4.73 Å². The lowest BCUT2D eigenvalue weighted by molar-refractivity contribution is -0.137. The maximum absolute atomic E-state index is 13.0. The molecule has 6 nitrogen and oxygen atoms in total. The summed E-state index contributed by atoms with van der Waals surface area (Å²) in [5.74, 6) is -1.62. The van der Waals surface area contributed by atoms with Gasteiger partial charge in [-0.1, -0.05) is 55.8 Å². The average Bonchev–Trinajstić information content (AvgIpc) is 2.79. The molecule has 0 aliphatic rings. The number of nitrogens with zero attached hydrogens (tertiary/aromatic N) is 2. The number of nitrogens with one attached hydrogen (secondary N) is 1. The molecule has 3 rings (SSSR count). The first-order valence-corrected chi connectivity index (χ1v) is 10.8. The van der Waals surface area contributed by atoms with Gasteiger partial charge in [0, 0.05) is 18.0 Å². The molecule has 0 saturated carbocycles. The number of benzene rings is 2. The van der Waals surface area contributed by atoms with E-state index in [2.05, 4.69) is 10.3 Å². The third-order valence-corrected chi connectivity index (χ3v) is 5.22. The first-order chi connectivity index (χ1) is 16.4. The molecule has 2 amide bonds. The molecule has 1 heterocycles. The monoisotopic (exact) mass is 503 g/mol. The molecule has 3 aromatic rings. The number of carbonyl (C=O) groups excluding carboxylic acids is 2. The van der Waals surface area contributed by atoms with Gasteiger partial charge in [-0.3, -0.25) is 9.59 Å². The van der Waals surface area contributed by atoms with Crippen molar-refractivity contribution in [3.05, 3.63) is 99.6 Å². The van der Waals surface area contributed by atoms with Gasteiger partial charge in [-0.2, -0.15) is 17.9 Å². The Balaban J connectivity index is 2.01. The number of anilines is 1. The van der Waals surface area contributed by atoms with E-state index in [0.29, 0.717) is 10.3 Å². The number of aromatic nitrogens is 1. The van der Waals surface area contributed by atoms with Crippen molar-refractivity contribution in [3.8, 4) is 0 Å². The van der Waals surface area contributed by atoms with Crippen LogP contribution in [0.15, 0.2) is 77.4 Å². The van der Waals surface area contributed by atoms with Gasteiger partial charge in [-0.05, 0) is 47.4 Å². The predicted molar refractivity (Wildman–Crippen MR) is 126 cm³/mol. The van der Waals surface area contributed by atoms with Gasteiger partial charge in [0.2, 0.25) is 0 Å². The van der Waals surface area contributed by atoms with E-state index in [-0.39, 0.29) is 22.1 Å². The van der Waals surface area contributed by atoms with Gasteiger partial charge < -0.3 is 10.5 Å². The van der Waals surface area contributed by atoms with Gasteiger partial charge in [-0.25, -0.2) is 4.99 Å². The Labute approximate surface area is 204 Å². The molecule has 35 heavy (non-hydrogen) atoms. The fraction of sp³-hybridized carbons (Fsp3) is 0.160. The summed E-state index contributed by atoms with van der Waals surface area (Å²) in [6, 6.07) is 13.7. The minimum Gasteiger partial charge on any atom is -0.428 e. The van der Waals surface area contributed by atoms with Gasteiger partial charge >= 0.3 is 6.18 Å². The van der Waals surface area contributed by atoms with Gasteiger partial charge in [0.15, 0.2) is 0 Å². The second-order valence-electron chi connectivity index (χ2n) is 7.88. The molecule has 0 atom stereocenters. The van der Waals surface area contributed by atoms with Crippen molar-refractivity contribution in [2.45, 2.75) is 25.9 Å². The smallest absolute Gasteiger partial charge is 0.416 e. The highest BCUT2D eigenvalue weighted by molar-refractivity contribution is 6.29. The first-order valence-electron chi connectivity index (χ1n) is 10.4. The molecule has 0 bridgehead atoms. The van der Waals surface area contributed by atoms with Crippen LogP contribution in [-0.4, -0.2) is 21.8 Å². The fourth-order valence-electron chi connectivity index (χ4n) is 3.04. The van der Waals surface area contributed by atoms with Crippen LogP contribution in [0.4, 0.5) is 18.9 Å². The van der Waals surface area contributed by atoms with E-state index in [0.717, 1.165) is 30.0 Å². The largest absolute Gasteiger partial charge is 0.428 e. The molecule has 0 aliphatic carbocycles. The standard InChI is InChI=1S/C25H21ClF3N3O3/c1-15(2)17-8-6-16(7-9-17)12-21(24(34)31-20-10-11-32(35)22(26)14-20)23(33)30-19-5-3-4-18(13-19)25(27,28)29/h3-15,35H,1-2H3,(H,30,33)/b21-12-,31-20?. The van der Waals surface area contributed by atoms with Crippen LogP contribution < -0.4 is 10.7 Å². The highest BCUT2D eigenvalue weighted by Gasteiger charge is 2.30. The Morgan fingerprint density at radius 1 is 1.09 bits per heavy atom. The lowest BCUT2D eigenvalue weighted by atomic mass is 10.0. The molecule has 182 valence electrons. The quantitative estimate of drug-likeness (QED) is 0.155. The van der Waals surface area contributed by atoms with Crippen molar-refractivity contribution in [1.29, 1.82) is 0 Å². The van der Waals surface area contributed by atoms with Gasteiger partial charge in [-0.15, -0.1) is 0 Å². The SMILES string of the molecule is CC(C)c1ccc(/C=C(\C(=O)N=c2ccn(O)c(Cl)c2)C(=O)Nc2cccc(C(F)(F)F)c2)cc1. The number of amides is 2. The molecule has 0 unspecified atom stereocenters. The summed E-state index contributed by atoms with van der Waals surface area (Å²) in [5.41, 5.74) is 0.0764. The topological polar surface area (TPSA) is 83.7 Å². The van der Waals surface area contributed by atoms with E-state index < -0.39 is 29.1 Å². The normalized spacial score (nSPS) is 12.7. The molecule has 0 aliphatic heterocycles. The summed E-state index contributed by atoms with van der Waals surface area (Å²) >= 11 is 5.82. The van der Waals surface area contributed by atoms with Crippen LogP contribution in [0, 0.1) is 0 Å². The zero-order valence-corrected chi connectivity index (χ0v) is 19.4. The summed E-state index contributed by atoms with van der Waals surface area (Å²) in [6.07, 6.45) is -2.14. The molecule has 10 heteroatoms. The van der Waals surface area contributed by atoms with Crippen molar-refractivity contribution < 1.29 is 28.0 Å². The second-order valence-corrected chi connectivity index (χ2v) is 8.27. The number of carbonyl (C=O) groups is 2. The maximum atomic E-state index is 13.0. The van der Waals surface area contributed by atoms with E-state index >= 15 is 0 Å². The molecule has 2 aromatic carbocycles. The second kappa shape index (κ2) is 10.6. The molecule has 1 aromatic heterocycles. The third-order valence-electron chi connectivity index (χ3n) is 4.94. The average molecular weight is 504 g/mol. The van der Waals surface area contributed by atoms with Crippen LogP contribution in [0.2, 0.25) is 5.15 Å². The van der Waals surface area contributed by atoms with E-state index in [1.165, 1.54) is 24.3 Å². The van der Waals surface area contributed by atoms with Crippen LogP contribution in [-0.2, 0) is 15.8 Å². The lowest BCUT2D eigenvalue weighted by Gasteiger charge is -2.11. The highest BCUT2D eigenvalue weighted by atomic mass is 35.5. The van der Waals surface area contributed by atoms with Crippen molar-refractivity contribution in [2.24, 2.45) is 4.99 Å². The minimum absolute atomic E-state index is 0.0678. The Bertz CT molecular complexity index is 1340. The molecule has 2 N–H and O–H groups in total. The molecular formula is C25H21ClF3N3O3. The van der Waals surface area contributed by atoms with Crippen LogP contribution in [0.3, 0.4) is 0 Å². The Kier molecular flexibility index (Phi) is 7.81. The zero-order valence-electron chi connectivity index (χ0n) is 18.7. The molecular weight excluding hydrogens is 483 g/mol. The van der Waals surface area contributed by atoms with Crippen LogP contribution >= 0.6 is 11.6 Å². The number of alkyl halides is 3. The number of halogens is 4. The summed E-state index contributed by atoms with van der Waals surface area (Å²) in [7, 11) is 0. The van der Waals surface area contributed by atoms with Crippen LogP contribution in [0.1, 0.15) is 36.5 Å². The van der Waals surface area contributed by atoms with E-state index in [1.54, 1.807) is 12.1 Å². The Morgan fingerprint density at radius 3 is 2.37 bits per heavy atom. The Hall–Kier alpha value is -3.85. The molecule has 0 radical (unpaired) electrons.